The molecule has 7 heteroatoms. The van der Waals surface area contributed by atoms with Crippen LogP contribution in [0.15, 0.2) is 78.9 Å². The van der Waals surface area contributed by atoms with Crippen LogP contribution < -0.4 is 14.2 Å². The summed E-state index contributed by atoms with van der Waals surface area (Å²) in [5.74, 6) is 3.71. The Kier molecular flexibility index (Phi) is 7.89. The largest absolute Gasteiger partial charge is 0.494 e. The molecule has 0 N–H and O–H groups in total. The maximum absolute atomic E-state index is 12.8. The maximum atomic E-state index is 12.8. The van der Waals surface area contributed by atoms with Gasteiger partial charge in [-0.25, -0.2) is 4.98 Å². The van der Waals surface area contributed by atoms with E-state index in [1.165, 1.54) is 0 Å². The van der Waals surface area contributed by atoms with E-state index < -0.39 is 0 Å². The van der Waals surface area contributed by atoms with Gasteiger partial charge in [0.2, 0.25) is 0 Å². The Bertz CT molecular complexity index is 1300. The highest BCUT2D eigenvalue weighted by molar-refractivity contribution is 5.78. The fourth-order valence-electron chi connectivity index (χ4n) is 4.76. The highest BCUT2D eigenvalue weighted by atomic mass is 16.5. The highest BCUT2D eigenvalue weighted by Crippen LogP contribution is 2.25. The van der Waals surface area contributed by atoms with Crippen molar-refractivity contribution >= 4 is 16.9 Å². The molecule has 1 amide bonds. The molecule has 37 heavy (non-hydrogen) atoms. The summed E-state index contributed by atoms with van der Waals surface area (Å²) in [6.45, 7) is 5.36. The molecule has 0 unspecified atom stereocenters. The van der Waals surface area contributed by atoms with Crippen LogP contribution in [0.1, 0.15) is 25.6 Å². The second-order valence-electron chi connectivity index (χ2n) is 9.25. The number of benzene rings is 3. The third-order valence-corrected chi connectivity index (χ3v) is 6.75. The van der Waals surface area contributed by atoms with Crippen molar-refractivity contribution in [1.29, 1.82) is 0 Å². The van der Waals surface area contributed by atoms with Crippen LogP contribution in [-0.4, -0.2) is 46.7 Å². The van der Waals surface area contributed by atoms with Crippen LogP contribution in [-0.2, 0) is 17.9 Å². The first-order valence-corrected chi connectivity index (χ1v) is 12.9. The molecule has 0 radical (unpaired) electrons. The van der Waals surface area contributed by atoms with Crippen molar-refractivity contribution in [2.75, 3.05) is 26.3 Å². The van der Waals surface area contributed by atoms with E-state index >= 15 is 0 Å². The van der Waals surface area contributed by atoms with Gasteiger partial charge in [0.05, 0.1) is 17.6 Å². The Labute approximate surface area is 217 Å². The van der Waals surface area contributed by atoms with Gasteiger partial charge in [0.25, 0.3) is 5.91 Å². The van der Waals surface area contributed by atoms with E-state index in [1.54, 1.807) is 0 Å². The number of nitrogens with zero attached hydrogens (tertiary/aromatic N) is 3. The number of likely N-dealkylation sites (tertiary alicyclic amines) is 1. The van der Waals surface area contributed by atoms with Crippen molar-refractivity contribution < 1.29 is 19.0 Å². The van der Waals surface area contributed by atoms with Gasteiger partial charge in [-0.1, -0.05) is 30.3 Å². The first kappa shape index (κ1) is 24.7. The number of aromatic nitrogens is 2. The molecule has 7 nitrogen and oxygen atoms in total. The summed E-state index contributed by atoms with van der Waals surface area (Å²) in [5.41, 5.74) is 2.10. The molecule has 0 aliphatic carbocycles. The van der Waals surface area contributed by atoms with Crippen LogP contribution in [0, 0.1) is 5.92 Å². The van der Waals surface area contributed by atoms with Gasteiger partial charge in [0.1, 0.15) is 29.7 Å². The molecular weight excluding hydrogens is 466 g/mol. The van der Waals surface area contributed by atoms with Gasteiger partial charge in [-0.05, 0) is 74.2 Å². The van der Waals surface area contributed by atoms with Crippen LogP contribution in [0.25, 0.3) is 11.0 Å². The molecule has 5 rings (SSSR count). The van der Waals surface area contributed by atoms with E-state index in [9.17, 15) is 4.79 Å². The summed E-state index contributed by atoms with van der Waals surface area (Å²) in [6.07, 6.45) is 1.89. The van der Waals surface area contributed by atoms with Gasteiger partial charge in [0, 0.05) is 19.6 Å². The minimum atomic E-state index is 0.0253. The number of rotatable bonds is 10. The summed E-state index contributed by atoms with van der Waals surface area (Å²) >= 11 is 0. The number of para-hydroxylation sites is 3. The number of hydrogen-bond donors (Lipinski definition) is 0. The lowest BCUT2D eigenvalue weighted by atomic mass is 9.96. The van der Waals surface area contributed by atoms with Crippen LogP contribution in [0.4, 0.5) is 0 Å². The second-order valence-corrected chi connectivity index (χ2v) is 9.25. The molecule has 192 valence electrons. The quantitative estimate of drug-likeness (QED) is 0.295. The number of amides is 1. The first-order valence-electron chi connectivity index (χ1n) is 12.9. The Morgan fingerprint density at radius 3 is 2.22 bits per heavy atom. The summed E-state index contributed by atoms with van der Waals surface area (Å²) in [7, 11) is 0. The molecule has 1 fully saturated rings. The lowest BCUT2D eigenvalue weighted by molar-refractivity contribution is -0.134. The van der Waals surface area contributed by atoms with Gasteiger partial charge in [-0.2, -0.15) is 0 Å². The Balaban J connectivity index is 1.16. The summed E-state index contributed by atoms with van der Waals surface area (Å²) in [4.78, 5) is 19.5. The SMILES string of the molecule is CCOc1ccc(OCC(=O)N2CCC(Cn3c(COc4ccccc4)nc4ccccc43)CC2)cc1. The average Bonchev–Trinajstić information content (AvgIpc) is 3.29. The van der Waals surface area contributed by atoms with Gasteiger partial charge in [0.15, 0.2) is 6.61 Å². The van der Waals surface area contributed by atoms with Crippen LogP contribution in [0.5, 0.6) is 17.2 Å². The Morgan fingerprint density at radius 1 is 0.838 bits per heavy atom. The molecule has 1 saturated heterocycles. The standard InChI is InChI=1S/C30H33N3O4/c1-2-35-25-12-14-26(15-13-25)37-22-30(34)32-18-16-23(17-19-32)20-33-28-11-7-6-10-27(28)31-29(33)21-36-24-8-4-3-5-9-24/h3-15,23H,2,16-22H2,1H3. The minimum absolute atomic E-state index is 0.0253. The lowest BCUT2D eigenvalue weighted by Crippen LogP contribution is -2.41. The summed E-state index contributed by atoms with van der Waals surface area (Å²) < 4.78 is 19.5. The van der Waals surface area contributed by atoms with E-state index in [-0.39, 0.29) is 12.5 Å². The zero-order chi connectivity index (χ0) is 25.5. The number of hydrogen-bond acceptors (Lipinski definition) is 5. The molecule has 1 aliphatic rings. The van der Waals surface area contributed by atoms with Gasteiger partial charge < -0.3 is 23.7 Å². The highest BCUT2D eigenvalue weighted by Gasteiger charge is 2.25. The van der Waals surface area contributed by atoms with Gasteiger partial charge in [-0.15, -0.1) is 0 Å². The molecule has 1 aliphatic heterocycles. The molecular formula is C30H33N3O4. The first-order chi connectivity index (χ1) is 18.2. The summed E-state index contributed by atoms with van der Waals surface area (Å²) in [5, 5.41) is 0. The van der Waals surface area contributed by atoms with Crippen molar-refractivity contribution in [2.24, 2.45) is 5.92 Å². The van der Waals surface area contributed by atoms with Crippen LogP contribution in [0.3, 0.4) is 0 Å². The van der Waals surface area contributed by atoms with Crippen molar-refractivity contribution in [3.05, 3.63) is 84.7 Å². The number of imidazole rings is 1. The van der Waals surface area contributed by atoms with E-state index in [1.807, 2.05) is 84.6 Å². The third-order valence-electron chi connectivity index (χ3n) is 6.75. The topological polar surface area (TPSA) is 65.8 Å². The number of piperidine rings is 1. The number of carbonyl (C=O) groups is 1. The average molecular weight is 500 g/mol. The zero-order valence-corrected chi connectivity index (χ0v) is 21.2. The van der Waals surface area contributed by atoms with Crippen LogP contribution >= 0.6 is 0 Å². The zero-order valence-electron chi connectivity index (χ0n) is 21.2. The van der Waals surface area contributed by atoms with Crippen molar-refractivity contribution in [3.8, 4) is 17.2 Å². The molecule has 0 saturated carbocycles. The van der Waals surface area contributed by atoms with Crippen molar-refractivity contribution in [1.82, 2.24) is 14.5 Å². The van der Waals surface area contributed by atoms with E-state index in [0.29, 0.717) is 24.9 Å². The number of fused-ring (bicyclic) bond motifs is 1. The van der Waals surface area contributed by atoms with Crippen molar-refractivity contribution in [3.63, 3.8) is 0 Å². The molecule has 1 aromatic heterocycles. The van der Waals surface area contributed by atoms with E-state index in [4.69, 9.17) is 19.2 Å². The molecule has 0 bridgehead atoms. The van der Waals surface area contributed by atoms with E-state index in [2.05, 4.69) is 10.6 Å². The fourth-order valence-corrected chi connectivity index (χ4v) is 4.76. The second kappa shape index (κ2) is 11.8. The molecule has 0 atom stereocenters. The minimum Gasteiger partial charge on any atom is -0.494 e. The number of carbonyl (C=O) groups excluding carboxylic acids is 1. The Morgan fingerprint density at radius 2 is 1.49 bits per heavy atom. The monoisotopic (exact) mass is 499 g/mol. The fraction of sp³-hybridized carbons (Fsp3) is 0.333. The maximum Gasteiger partial charge on any atom is 0.260 e. The van der Waals surface area contributed by atoms with Gasteiger partial charge >= 0.3 is 0 Å². The normalized spacial score (nSPS) is 14.0. The lowest BCUT2D eigenvalue weighted by Gasteiger charge is -2.32. The molecule has 3 aromatic carbocycles. The smallest absolute Gasteiger partial charge is 0.260 e. The molecule has 2 heterocycles. The molecule has 4 aromatic rings. The van der Waals surface area contributed by atoms with Crippen molar-refractivity contribution in [2.45, 2.75) is 32.9 Å². The predicted molar refractivity (Wildman–Crippen MR) is 143 cm³/mol. The number of ether oxygens (including phenoxy) is 3. The molecule has 0 spiro atoms. The van der Waals surface area contributed by atoms with Gasteiger partial charge in [-0.3, -0.25) is 4.79 Å². The van der Waals surface area contributed by atoms with Crippen LogP contribution in [0.2, 0.25) is 0 Å². The van der Waals surface area contributed by atoms with E-state index in [0.717, 1.165) is 60.8 Å². The summed E-state index contributed by atoms with van der Waals surface area (Å²) in [6, 6.07) is 25.4. The third kappa shape index (κ3) is 6.23. The predicted octanol–water partition coefficient (Wildman–Crippen LogP) is 5.33. The Hall–Kier alpha value is -4.00.